The molecule has 0 radical (unpaired) electrons. The van der Waals surface area contributed by atoms with Crippen LogP contribution in [0.5, 0.6) is 5.88 Å². The Kier molecular flexibility index (Phi) is 4.88. The fraction of sp³-hybridized carbons (Fsp3) is 0.727. The molecule has 3 fully saturated rings. The van der Waals surface area contributed by atoms with Gasteiger partial charge in [-0.1, -0.05) is 0 Å². The van der Waals surface area contributed by atoms with Crippen LogP contribution in [0.3, 0.4) is 0 Å². The largest absolute Gasteiger partial charge is 0.474 e. The van der Waals surface area contributed by atoms with Crippen molar-refractivity contribution in [2.45, 2.75) is 76.9 Å². The molecule has 7 heteroatoms. The number of ether oxygens (including phenoxy) is 1. The van der Waals surface area contributed by atoms with Gasteiger partial charge in [0.2, 0.25) is 11.8 Å². The molecule has 2 saturated carbocycles. The van der Waals surface area contributed by atoms with Crippen molar-refractivity contribution in [3.63, 3.8) is 0 Å². The molecule has 2 heterocycles. The third-order valence-electron chi connectivity index (χ3n) is 6.93. The predicted molar refractivity (Wildman–Crippen MR) is 104 cm³/mol. The van der Waals surface area contributed by atoms with Gasteiger partial charge in [0, 0.05) is 49.2 Å². The first-order chi connectivity index (χ1) is 13.5. The standard InChI is InChI=1S/C22H30F2N2O3/c1-14-8-18(25-11-17(14)21(3,23)24)29-16-4-6-22(7-5-16)12-26(13-22)19(27)15-9-20(2,28)10-15/h8,11,15-16,28H,4-7,9-10,12-13H2,1-3H3/t15-,20+. The van der Waals surface area contributed by atoms with Gasteiger partial charge in [0.15, 0.2) is 0 Å². The molecule has 160 valence electrons. The van der Waals surface area contributed by atoms with Crippen molar-refractivity contribution < 1.29 is 23.4 Å². The molecule has 1 aromatic rings. The van der Waals surface area contributed by atoms with Gasteiger partial charge >= 0.3 is 0 Å². The molecule has 1 saturated heterocycles. The van der Waals surface area contributed by atoms with E-state index >= 15 is 0 Å². The number of alkyl halides is 2. The van der Waals surface area contributed by atoms with E-state index in [1.807, 2.05) is 4.90 Å². The maximum atomic E-state index is 13.5. The number of rotatable bonds is 4. The Morgan fingerprint density at radius 2 is 1.93 bits per heavy atom. The Morgan fingerprint density at radius 3 is 2.45 bits per heavy atom. The van der Waals surface area contributed by atoms with Crippen LogP contribution < -0.4 is 4.74 Å². The van der Waals surface area contributed by atoms with Gasteiger partial charge in [-0.3, -0.25) is 4.79 Å². The summed E-state index contributed by atoms with van der Waals surface area (Å²) in [6.07, 6.45) is 6.14. The summed E-state index contributed by atoms with van der Waals surface area (Å²) in [5.74, 6) is -2.34. The summed E-state index contributed by atoms with van der Waals surface area (Å²) < 4.78 is 33.0. The quantitative estimate of drug-likeness (QED) is 0.823. The van der Waals surface area contributed by atoms with Gasteiger partial charge in [-0.05, 0) is 57.9 Å². The van der Waals surface area contributed by atoms with Gasteiger partial charge in [0.05, 0.1) is 5.60 Å². The minimum Gasteiger partial charge on any atom is -0.474 e. The molecule has 1 aromatic heterocycles. The SMILES string of the molecule is Cc1cc(OC2CCC3(CC2)CN(C(=O)[C@H]2C[C@@](C)(O)C2)C3)ncc1C(C)(F)F. The number of aliphatic hydroxyl groups is 1. The van der Waals surface area contributed by atoms with Crippen molar-refractivity contribution >= 4 is 5.91 Å². The first kappa shape index (κ1) is 20.5. The summed E-state index contributed by atoms with van der Waals surface area (Å²) in [5.41, 5.74) is -0.0626. The highest BCUT2D eigenvalue weighted by molar-refractivity contribution is 5.81. The average Bonchev–Trinajstić information content (AvgIpc) is 2.57. The summed E-state index contributed by atoms with van der Waals surface area (Å²) in [7, 11) is 0. The first-order valence-electron chi connectivity index (χ1n) is 10.5. The number of hydrogen-bond donors (Lipinski definition) is 1. The molecule has 1 aliphatic heterocycles. The molecule has 0 aromatic carbocycles. The lowest BCUT2D eigenvalue weighted by Gasteiger charge is -2.55. The maximum absolute atomic E-state index is 13.5. The number of aromatic nitrogens is 1. The maximum Gasteiger partial charge on any atom is 0.272 e. The van der Waals surface area contributed by atoms with E-state index in [1.54, 1.807) is 19.9 Å². The van der Waals surface area contributed by atoms with E-state index in [-0.39, 0.29) is 28.9 Å². The Hall–Kier alpha value is -1.76. The predicted octanol–water partition coefficient (Wildman–Crippen LogP) is 3.81. The highest BCUT2D eigenvalue weighted by Gasteiger charge is 2.51. The van der Waals surface area contributed by atoms with E-state index in [4.69, 9.17) is 4.74 Å². The molecule has 5 nitrogen and oxygen atoms in total. The van der Waals surface area contributed by atoms with E-state index in [0.29, 0.717) is 24.3 Å². The smallest absolute Gasteiger partial charge is 0.272 e. The second kappa shape index (κ2) is 6.89. The van der Waals surface area contributed by atoms with Crippen molar-refractivity contribution in [3.05, 3.63) is 23.4 Å². The molecular weight excluding hydrogens is 378 g/mol. The van der Waals surface area contributed by atoms with Gasteiger partial charge in [0.25, 0.3) is 5.92 Å². The van der Waals surface area contributed by atoms with Gasteiger partial charge in [-0.2, -0.15) is 0 Å². The van der Waals surface area contributed by atoms with E-state index < -0.39 is 11.5 Å². The molecule has 1 amide bonds. The molecule has 0 atom stereocenters. The van der Waals surface area contributed by atoms with Gasteiger partial charge in [-0.15, -0.1) is 0 Å². The Labute approximate surface area is 170 Å². The van der Waals surface area contributed by atoms with Crippen molar-refractivity contribution in [2.24, 2.45) is 11.3 Å². The zero-order valence-electron chi connectivity index (χ0n) is 17.4. The summed E-state index contributed by atoms with van der Waals surface area (Å²) in [6, 6.07) is 1.59. The van der Waals surface area contributed by atoms with Crippen molar-refractivity contribution in [1.29, 1.82) is 0 Å². The van der Waals surface area contributed by atoms with Crippen LogP contribution in [0.1, 0.15) is 63.5 Å². The normalized spacial score (nSPS) is 29.3. The Bertz CT molecular complexity index is 782. The number of carbonyl (C=O) groups is 1. The Morgan fingerprint density at radius 1 is 1.31 bits per heavy atom. The number of nitrogens with zero attached hydrogens (tertiary/aromatic N) is 2. The van der Waals surface area contributed by atoms with E-state index in [0.717, 1.165) is 45.7 Å². The zero-order chi connectivity index (χ0) is 21.0. The summed E-state index contributed by atoms with van der Waals surface area (Å²) in [6.45, 7) is 5.91. The fourth-order valence-electron chi connectivity index (χ4n) is 5.22. The van der Waals surface area contributed by atoms with Crippen molar-refractivity contribution in [3.8, 4) is 5.88 Å². The number of likely N-dealkylation sites (tertiary alicyclic amines) is 1. The monoisotopic (exact) mass is 408 g/mol. The van der Waals surface area contributed by atoms with E-state index in [2.05, 4.69) is 4.98 Å². The van der Waals surface area contributed by atoms with Crippen LogP contribution in [0.4, 0.5) is 8.78 Å². The summed E-state index contributed by atoms with van der Waals surface area (Å²) >= 11 is 0. The van der Waals surface area contributed by atoms with Crippen LogP contribution in [0.2, 0.25) is 0 Å². The molecule has 0 bridgehead atoms. The van der Waals surface area contributed by atoms with Gasteiger partial charge in [0.1, 0.15) is 6.10 Å². The Balaban J connectivity index is 1.26. The van der Waals surface area contributed by atoms with Gasteiger partial charge < -0.3 is 14.7 Å². The van der Waals surface area contributed by atoms with Crippen LogP contribution in [-0.2, 0) is 10.7 Å². The number of hydrogen-bond acceptors (Lipinski definition) is 4. The topological polar surface area (TPSA) is 62.7 Å². The molecule has 4 rings (SSSR count). The fourth-order valence-corrected chi connectivity index (χ4v) is 5.22. The lowest BCUT2D eigenvalue weighted by molar-refractivity contribution is -0.164. The van der Waals surface area contributed by atoms with Crippen LogP contribution in [-0.4, -0.2) is 45.7 Å². The summed E-state index contributed by atoms with van der Waals surface area (Å²) in [4.78, 5) is 18.5. The molecule has 3 aliphatic rings. The number of amides is 1. The van der Waals surface area contributed by atoms with E-state index in [9.17, 15) is 18.7 Å². The number of carbonyl (C=O) groups excluding carboxylic acids is 1. The van der Waals surface area contributed by atoms with Crippen LogP contribution in [0.15, 0.2) is 12.3 Å². The highest BCUT2D eigenvalue weighted by atomic mass is 19.3. The van der Waals surface area contributed by atoms with E-state index in [1.165, 1.54) is 6.20 Å². The van der Waals surface area contributed by atoms with Crippen LogP contribution in [0.25, 0.3) is 0 Å². The minimum absolute atomic E-state index is 0.0187. The zero-order valence-corrected chi connectivity index (χ0v) is 17.4. The molecular formula is C22H30F2N2O3. The number of halogens is 2. The molecule has 2 aliphatic carbocycles. The second-order valence-corrected chi connectivity index (χ2v) is 9.84. The van der Waals surface area contributed by atoms with Gasteiger partial charge in [-0.25, -0.2) is 13.8 Å². The third-order valence-corrected chi connectivity index (χ3v) is 6.93. The minimum atomic E-state index is -2.91. The second-order valence-electron chi connectivity index (χ2n) is 9.84. The lowest BCUT2D eigenvalue weighted by atomic mass is 9.66. The van der Waals surface area contributed by atoms with Crippen molar-refractivity contribution in [1.82, 2.24) is 9.88 Å². The highest BCUT2D eigenvalue weighted by Crippen LogP contribution is 2.47. The lowest BCUT2D eigenvalue weighted by Crippen LogP contribution is -2.63. The first-order valence-corrected chi connectivity index (χ1v) is 10.5. The van der Waals surface area contributed by atoms with Crippen molar-refractivity contribution in [2.75, 3.05) is 13.1 Å². The molecule has 1 spiro atoms. The molecule has 29 heavy (non-hydrogen) atoms. The van der Waals surface area contributed by atoms with Crippen LogP contribution >= 0.6 is 0 Å². The molecule has 0 unspecified atom stereocenters. The van der Waals surface area contributed by atoms with Crippen LogP contribution in [0, 0.1) is 18.3 Å². The molecule has 1 N–H and O–H groups in total. The number of aryl methyl sites for hydroxylation is 1. The third kappa shape index (κ3) is 4.11. The number of pyridine rings is 1. The average molecular weight is 408 g/mol. The summed E-state index contributed by atoms with van der Waals surface area (Å²) in [5, 5.41) is 9.84.